The molecule has 2 unspecified atom stereocenters. The molecule has 1 aromatic carbocycles. The van der Waals surface area contributed by atoms with Crippen LogP contribution in [0.4, 0.5) is 0 Å². The van der Waals surface area contributed by atoms with E-state index in [1.807, 2.05) is 12.1 Å². The van der Waals surface area contributed by atoms with Crippen LogP contribution in [0.5, 0.6) is 0 Å². The third-order valence-corrected chi connectivity index (χ3v) is 4.85. The van der Waals surface area contributed by atoms with Crippen molar-refractivity contribution in [2.24, 2.45) is 0 Å². The zero-order valence-electron chi connectivity index (χ0n) is 14.4. The van der Waals surface area contributed by atoms with Crippen molar-refractivity contribution in [2.45, 2.75) is 51.2 Å². The number of nitrogens with one attached hydrogen (secondary N) is 1. The molecular formula is C18H25Cl2NO4. The Morgan fingerprint density at radius 1 is 1.28 bits per heavy atom. The van der Waals surface area contributed by atoms with Gasteiger partial charge in [-0.3, -0.25) is 9.63 Å². The normalized spacial score (nSPS) is 18.8. The molecule has 25 heavy (non-hydrogen) atoms. The first-order valence-electron chi connectivity index (χ1n) is 8.63. The Morgan fingerprint density at radius 3 is 2.76 bits per heavy atom. The molecular weight excluding hydrogens is 365 g/mol. The molecule has 1 aliphatic heterocycles. The van der Waals surface area contributed by atoms with Crippen molar-refractivity contribution in [2.75, 3.05) is 19.8 Å². The second kappa shape index (κ2) is 11.0. The number of benzene rings is 1. The van der Waals surface area contributed by atoms with Gasteiger partial charge in [0.2, 0.25) is 5.91 Å². The summed E-state index contributed by atoms with van der Waals surface area (Å²) in [7, 11) is 0. The molecule has 7 heteroatoms. The predicted octanol–water partition coefficient (Wildman–Crippen LogP) is 4.47. The van der Waals surface area contributed by atoms with Gasteiger partial charge in [0, 0.05) is 13.5 Å². The summed E-state index contributed by atoms with van der Waals surface area (Å²) in [5.41, 5.74) is 3.42. The second-order valence-corrected chi connectivity index (χ2v) is 6.94. The molecule has 0 aromatic heterocycles. The maximum Gasteiger partial charge on any atom is 0.240 e. The minimum absolute atomic E-state index is 0.0983. The van der Waals surface area contributed by atoms with E-state index in [2.05, 4.69) is 5.48 Å². The van der Waals surface area contributed by atoms with Crippen molar-refractivity contribution in [3.8, 4) is 0 Å². The summed E-state index contributed by atoms with van der Waals surface area (Å²) in [5.74, 6) is -0.0315. The first-order valence-corrected chi connectivity index (χ1v) is 9.38. The van der Waals surface area contributed by atoms with E-state index in [4.69, 9.17) is 37.5 Å². The summed E-state index contributed by atoms with van der Waals surface area (Å²) in [6, 6.07) is 5.64. The van der Waals surface area contributed by atoms with E-state index >= 15 is 0 Å². The van der Waals surface area contributed by atoms with Gasteiger partial charge in [-0.2, -0.15) is 0 Å². The highest BCUT2D eigenvalue weighted by atomic mass is 35.5. The van der Waals surface area contributed by atoms with Gasteiger partial charge in [-0.05, 0) is 55.7 Å². The van der Waals surface area contributed by atoms with E-state index < -0.39 is 0 Å². The minimum Gasteiger partial charge on any atom is -0.353 e. The van der Waals surface area contributed by atoms with E-state index in [9.17, 15) is 4.79 Å². The lowest BCUT2D eigenvalue weighted by molar-refractivity contribution is -0.163. The monoisotopic (exact) mass is 389 g/mol. The van der Waals surface area contributed by atoms with E-state index in [0.29, 0.717) is 23.3 Å². The summed E-state index contributed by atoms with van der Waals surface area (Å²) < 4.78 is 11.4. The lowest BCUT2D eigenvalue weighted by Gasteiger charge is -2.24. The lowest BCUT2D eigenvalue weighted by Crippen LogP contribution is -2.24. The van der Waals surface area contributed by atoms with Crippen LogP contribution >= 0.6 is 23.2 Å². The molecule has 140 valence electrons. The highest BCUT2D eigenvalue weighted by Gasteiger charge is 2.17. The topological polar surface area (TPSA) is 56.8 Å². The van der Waals surface area contributed by atoms with Crippen LogP contribution in [-0.2, 0) is 19.1 Å². The molecule has 0 saturated carbocycles. The number of hydroxylamine groups is 1. The summed E-state index contributed by atoms with van der Waals surface area (Å²) in [6.45, 7) is 3.18. The highest BCUT2D eigenvalue weighted by Crippen LogP contribution is 2.30. The SMILES string of the molecule is CC(=O)NOCCC(CCOC1CCCCO1)c1ccc(Cl)c(Cl)c1. The maximum atomic E-state index is 10.9. The van der Waals surface area contributed by atoms with E-state index in [0.717, 1.165) is 44.3 Å². The molecule has 2 rings (SSSR count). The van der Waals surface area contributed by atoms with Gasteiger partial charge in [0.25, 0.3) is 0 Å². The van der Waals surface area contributed by atoms with Gasteiger partial charge in [0.05, 0.1) is 23.3 Å². The number of hydrogen-bond donors (Lipinski definition) is 1. The van der Waals surface area contributed by atoms with Crippen LogP contribution in [0.2, 0.25) is 10.0 Å². The van der Waals surface area contributed by atoms with Crippen LogP contribution in [0.3, 0.4) is 0 Å². The average Bonchev–Trinajstić information content (AvgIpc) is 2.60. The number of carbonyl (C=O) groups is 1. The molecule has 0 spiro atoms. The summed E-state index contributed by atoms with van der Waals surface area (Å²) in [6.07, 6.45) is 4.63. The van der Waals surface area contributed by atoms with Crippen molar-refractivity contribution >= 4 is 29.1 Å². The van der Waals surface area contributed by atoms with Crippen molar-refractivity contribution in [3.63, 3.8) is 0 Å². The largest absolute Gasteiger partial charge is 0.353 e. The Bertz CT molecular complexity index is 550. The highest BCUT2D eigenvalue weighted by molar-refractivity contribution is 6.42. The van der Waals surface area contributed by atoms with Gasteiger partial charge in [-0.25, -0.2) is 5.48 Å². The third-order valence-electron chi connectivity index (χ3n) is 4.11. The zero-order chi connectivity index (χ0) is 18.1. The smallest absolute Gasteiger partial charge is 0.240 e. The van der Waals surface area contributed by atoms with Gasteiger partial charge in [-0.15, -0.1) is 0 Å². The molecule has 1 aromatic rings. The van der Waals surface area contributed by atoms with Crippen LogP contribution in [0.15, 0.2) is 18.2 Å². The molecule has 0 aliphatic carbocycles. The predicted molar refractivity (Wildman–Crippen MR) is 97.7 cm³/mol. The maximum absolute atomic E-state index is 10.9. The van der Waals surface area contributed by atoms with Crippen molar-refractivity contribution in [1.29, 1.82) is 0 Å². The number of carbonyl (C=O) groups excluding carboxylic acids is 1. The van der Waals surface area contributed by atoms with Gasteiger partial charge in [0.15, 0.2) is 6.29 Å². The van der Waals surface area contributed by atoms with E-state index in [1.54, 1.807) is 6.07 Å². The van der Waals surface area contributed by atoms with Crippen molar-refractivity contribution in [3.05, 3.63) is 33.8 Å². The first kappa shape index (κ1) is 20.5. The molecule has 1 heterocycles. The molecule has 0 bridgehead atoms. The second-order valence-electron chi connectivity index (χ2n) is 6.12. The van der Waals surface area contributed by atoms with Crippen LogP contribution in [-0.4, -0.2) is 32.0 Å². The van der Waals surface area contributed by atoms with Crippen molar-refractivity contribution < 1.29 is 19.1 Å². The number of rotatable bonds is 9. The fourth-order valence-electron chi connectivity index (χ4n) is 2.78. The third kappa shape index (κ3) is 7.50. The van der Waals surface area contributed by atoms with Crippen LogP contribution < -0.4 is 5.48 Å². The molecule has 1 amide bonds. The lowest BCUT2D eigenvalue weighted by atomic mass is 9.93. The van der Waals surface area contributed by atoms with Crippen LogP contribution in [0.25, 0.3) is 0 Å². The van der Waals surface area contributed by atoms with E-state index in [-0.39, 0.29) is 18.1 Å². The Balaban J connectivity index is 1.88. The van der Waals surface area contributed by atoms with Crippen LogP contribution in [0.1, 0.15) is 50.5 Å². The number of amides is 1. The van der Waals surface area contributed by atoms with E-state index in [1.165, 1.54) is 6.92 Å². The van der Waals surface area contributed by atoms with Crippen molar-refractivity contribution in [1.82, 2.24) is 5.48 Å². The first-order chi connectivity index (χ1) is 12.1. The number of halogens is 2. The molecule has 0 radical (unpaired) electrons. The fraction of sp³-hybridized carbons (Fsp3) is 0.611. The average molecular weight is 390 g/mol. The number of ether oxygens (including phenoxy) is 2. The molecule has 1 saturated heterocycles. The Labute approximate surface area is 158 Å². The quantitative estimate of drug-likeness (QED) is 0.499. The molecule has 1 aliphatic rings. The summed E-state index contributed by atoms with van der Waals surface area (Å²) in [4.78, 5) is 16.1. The van der Waals surface area contributed by atoms with Gasteiger partial charge in [0.1, 0.15) is 0 Å². The summed E-state index contributed by atoms with van der Waals surface area (Å²) >= 11 is 12.2. The Hall–Kier alpha value is -0.850. The number of hydrogen-bond acceptors (Lipinski definition) is 4. The van der Waals surface area contributed by atoms with Crippen LogP contribution in [0, 0.1) is 0 Å². The standard InChI is InChI=1S/C18H25Cl2NO4/c1-13(22)21-25-11-8-14(15-5-6-16(19)17(20)12-15)7-10-24-18-4-2-3-9-23-18/h5-6,12,14,18H,2-4,7-11H2,1H3,(H,21,22). The molecule has 1 fully saturated rings. The van der Waals surface area contributed by atoms with Gasteiger partial charge >= 0.3 is 0 Å². The van der Waals surface area contributed by atoms with Gasteiger partial charge in [-0.1, -0.05) is 29.3 Å². The summed E-state index contributed by atoms with van der Waals surface area (Å²) in [5, 5.41) is 1.06. The Kier molecular flexibility index (Phi) is 8.99. The Morgan fingerprint density at radius 2 is 2.08 bits per heavy atom. The molecule has 1 N–H and O–H groups in total. The fourth-order valence-corrected chi connectivity index (χ4v) is 3.09. The zero-order valence-corrected chi connectivity index (χ0v) is 15.9. The molecule has 5 nitrogen and oxygen atoms in total. The van der Waals surface area contributed by atoms with Gasteiger partial charge < -0.3 is 9.47 Å². The minimum atomic E-state index is -0.219. The molecule has 2 atom stereocenters.